The second kappa shape index (κ2) is 13.7. The van der Waals surface area contributed by atoms with Crippen LogP contribution in [0.1, 0.15) is 41.6 Å². The molecule has 2 N–H and O–H groups in total. The van der Waals surface area contributed by atoms with Crippen molar-refractivity contribution in [3.8, 4) is 12.3 Å². The normalized spacial score (nSPS) is 10.8. The van der Waals surface area contributed by atoms with Gasteiger partial charge in [-0.05, 0) is 88.5 Å². The Morgan fingerprint density at radius 3 is 1.97 bits per heavy atom. The minimum atomic E-state index is 0.282. The zero-order chi connectivity index (χ0) is 24.2. The van der Waals surface area contributed by atoms with E-state index in [1.54, 1.807) is 6.92 Å². The van der Waals surface area contributed by atoms with Crippen molar-refractivity contribution in [2.75, 3.05) is 0 Å². The van der Waals surface area contributed by atoms with Crippen LogP contribution in [0.4, 0.5) is 0 Å². The number of thioether (sulfide) groups is 1. The highest BCUT2D eigenvalue weighted by atomic mass is 32.2. The molecule has 0 fully saturated rings. The largest absolute Gasteiger partial charge is 0.274 e. The Morgan fingerprint density at radius 1 is 0.818 bits per heavy atom. The fraction of sp³-hybridized carbons (Fsp3) is 0.214. The SMILES string of the molecule is C#CC.Cc1ccc(SC(C)c2nc3ccccc3nc2C)cc1.Cc1cccc(SN)c1. The highest BCUT2D eigenvalue weighted by molar-refractivity contribution is 7.99. The van der Waals surface area contributed by atoms with E-state index in [1.165, 1.54) is 28.0 Å². The second-order valence-electron chi connectivity index (χ2n) is 7.48. The lowest BCUT2D eigenvalue weighted by atomic mass is 10.2. The van der Waals surface area contributed by atoms with Crippen molar-refractivity contribution in [3.63, 3.8) is 0 Å². The molecular weight excluding hydrogens is 442 g/mol. The summed E-state index contributed by atoms with van der Waals surface area (Å²) < 4.78 is 0. The average molecular weight is 474 g/mol. The summed E-state index contributed by atoms with van der Waals surface area (Å²) in [6.07, 6.45) is 4.60. The summed E-state index contributed by atoms with van der Waals surface area (Å²) in [4.78, 5) is 11.9. The number of fused-ring (bicyclic) bond motifs is 1. The third-order valence-corrected chi connectivity index (χ3v) is 6.27. The van der Waals surface area contributed by atoms with Crippen molar-refractivity contribution >= 4 is 34.7 Å². The molecule has 0 amide bonds. The van der Waals surface area contributed by atoms with E-state index in [2.05, 4.69) is 74.5 Å². The lowest BCUT2D eigenvalue weighted by Crippen LogP contribution is -2.00. The first-order valence-electron chi connectivity index (χ1n) is 10.6. The molecule has 0 saturated heterocycles. The molecule has 33 heavy (non-hydrogen) atoms. The van der Waals surface area contributed by atoms with Crippen LogP contribution in [-0.4, -0.2) is 9.97 Å². The van der Waals surface area contributed by atoms with Gasteiger partial charge in [-0.2, -0.15) is 0 Å². The summed E-state index contributed by atoms with van der Waals surface area (Å²) in [5, 5.41) is 5.62. The first-order chi connectivity index (χ1) is 15.9. The van der Waals surface area contributed by atoms with Crippen molar-refractivity contribution in [2.45, 2.75) is 49.7 Å². The predicted octanol–water partition coefficient (Wildman–Crippen LogP) is 7.70. The Labute approximate surface area is 206 Å². The van der Waals surface area contributed by atoms with Gasteiger partial charge in [0.25, 0.3) is 0 Å². The molecule has 1 unspecified atom stereocenters. The number of nitrogens with zero attached hydrogens (tertiary/aromatic N) is 2. The van der Waals surface area contributed by atoms with Crippen LogP contribution in [0.3, 0.4) is 0 Å². The van der Waals surface area contributed by atoms with Gasteiger partial charge in [-0.3, -0.25) is 5.14 Å². The maximum Gasteiger partial charge on any atom is 0.0890 e. The topological polar surface area (TPSA) is 51.8 Å². The van der Waals surface area contributed by atoms with Gasteiger partial charge in [0.1, 0.15) is 0 Å². The molecule has 0 saturated carbocycles. The van der Waals surface area contributed by atoms with E-state index in [9.17, 15) is 0 Å². The molecule has 3 nitrogen and oxygen atoms in total. The number of benzene rings is 3. The number of terminal acetylenes is 1. The van der Waals surface area contributed by atoms with Crippen LogP contribution < -0.4 is 5.14 Å². The second-order valence-corrected chi connectivity index (χ2v) is 9.60. The van der Waals surface area contributed by atoms with Crippen LogP contribution in [0.5, 0.6) is 0 Å². The molecule has 0 bridgehead atoms. The van der Waals surface area contributed by atoms with Crippen LogP contribution >= 0.6 is 23.7 Å². The summed E-state index contributed by atoms with van der Waals surface area (Å²) in [6.45, 7) is 10.0. The van der Waals surface area contributed by atoms with E-state index in [0.717, 1.165) is 27.3 Å². The maximum atomic E-state index is 5.34. The standard InChI is InChI=1S/C18H18N2S.C7H9NS.C3H4/c1-12-8-10-15(11-9-12)21-14(3)18-13(2)19-16-6-4-5-7-17(16)20-18;1-6-3-2-4-7(5-6)9-8;1-3-2/h4-11,14H,1-3H3;2-5H,8H2,1H3;1H,2H3. The summed E-state index contributed by atoms with van der Waals surface area (Å²) in [5.74, 6) is 2.25. The molecule has 0 radical (unpaired) electrons. The van der Waals surface area contributed by atoms with Crippen molar-refractivity contribution in [2.24, 2.45) is 5.14 Å². The Kier molecular flexibility index (Phi) is 11.0. The number of hydrogen-bond acceptors (Lipinski definition) is 5. The summed E-state index contributed by atoms with van der Waals surface area (Å²) in [7, 11) is 0. The van der Waals surface area contributed by atoms with Gasteiger partial charge in [-0.25, -0.2) is 9.97 Å². The molecule has 4 rings (SSSR count). The molecule has 1 atom stereocenters. The molecule has 0 spiro atoms. The zero-order valence-corrected chi connectivity index (χ0v) is 21.5. The quantitative estimate of drug-likeness (QED) is 0.187. The highest BCUT2D eigenvalue weighted by Gasteiger charge is 2.14. The maximum absolute atomic E-state index is 5.34. The van der Waals surface area contributed by atoms with Gasteiger partial charge in [0.2, 0.25) is 0 Å². The molecule has 1 heterocycles. The summed E-state index contributed by atoms with van der Waals surface area (Å²) >= 11 is 3.11. The van der Waals surface area contributed by atoms with Gasteiger partial charge in [0.05, 0.1) is 27.7 Å². The van der Waals surface area contributed by atoms with Gasteiger partial charge in [-0.15, -0.1) is 24.1 Å². The monoisotopic (exact) mass is 473 g/mol. The van der Waals surface area contributed by atoms with Gasteiger partial charge in [0, 0.05) is 9.79 Å². The molecule has 0 aliphatic carbocycles. The first kappa shape index (κ1) is 26.5. The molecule has 4 aromatic rings. The Balaban J connectivity index is 0.000000267. The van der Waals surface area contributed by atoms with E-state index < -0.39 is 0 Å². The van der Waals surface area contributed by atoms with E-state index in [4.69, 9.17) is 10.1 Å². The van der Waals surface area contributed by atoms with Crippen LogP contribution in [0, 0.1) is 33.1 Å². The van der Waals surface area contributed by atoms with E-state index >= 15 is 0 Å². The van der Waals surface area contributed by atoms with E-state index in [0.29, 0.717) is 0 Å². The predicted molar refractivity (Wildman–Crippen MR) is 145 cm³/mol. The minimum Gasteiger partial charge on any atom is -0.274 e. The molecule has 0 aliphatic rings. The molecule has 3 aromatic carbocycles. The molecule has 0 aliphatic heterocycles. The Hall–Kier alpha value is -2.78. The minimum absolute atomic E-state index is 0.282. The fourth-order valence-electron chi connectivity index (χ4n) is 3.05. The van der Waals surface area contributed by atoms with Crippen LogP contribution in [-0.2, 0) is 0 Å². The average Bonchev–Trinajstić information content (AvgIpc) is 2.81. The van der Waals surface area contributed by atoms with E-state index in [1.807, 2.05) is 55.1 Å². The lowest BCUT2D eigenvalue weighted by Gasteiger charge is -2.14. The number of nitrogens with two attached hydrogens (primary N) is 1. The molecular formula is C28H31N3S2. The molecule has 5 heteroatoms. The third-order valence-electron chi connectivity index (χ3n) is 4.63. The van der Waals surface area contributed by atoms with Gasteiger partial charge >= 0.3 is 0 Å². The number of aryl methyl sites for hydroxylation is 3. The zero-order valence-electron chi connectivity index (χ0n) is 19.9. The summed E-state index contributed by atoms with van der Waals surface area (Å²) in [5.41, 5.74) is 6.56. The van der Waals surface area contributed by atoms with Crippen LogP contribution in [0.15, 0.2) is 82.6 Å². The summed E-state index contributed by atoms with van der Waals surface area (Å²) in [6, 6.07) is 24.8. The highest BCUT2D eigenvalue weighted by Crippen LogP contribution is 2.35. The van der Waals surface area contributed by atoms with Gasteiger partial charge in [0.15, 0.2) is 0 Å². The Bertz CT molecular complexity index is 1200. The number of hydrogen-bond donors (Lipinski definition) is 1. The van der Waals surface area contributed by atoms with Crippen molar-refractivity contribution < 1.29 is 0 Å². The van der Waals surface area contributed by atoms with Crippen LogP contribution in [0.25, 0.3) is 11.0 Å². The first-order valence-corrected chi connectivity index (χ1v) is 12.4. The van der Waals surface area contributed by atoms with Crippen molar-refractivity contribution in [1.29, 1.82) is 0 Å². The van der Waals surface area contributed by atoms with E-state index in [-0.39, 0.29) is 5.25 Å². The fourth-order valence-corrected chi connectivity index (χ4v) is 4.50. The number of aromatic nitrogens is 2. The molecule has 1 aromatic heterocycles. The number of para-hydroxylation sites is 2. The smallest absolute Gasteiger partial charge is 0.0890 e. The van der Waals surface area contributed by atoms with Crippen LogP contribution in [0.2, 0.25) is 0 Å². The van der Waals surface area contributed by atoms with Crippen molar-refractivity contribution in [1.82, 2.24) is 9.97 Å². The van der Waals surface area contributed by atoms with Gasteiger partial charge < -0.3 is 0 Å². The third kappa shape index (κ3) is 8.58. The van der Waals surface area contributed by atoms with Gasteiger partial charge in [-0.1, -0.05) is 42.0 Å². The van der Waals surface area contributed by atoms with Crippen molar-refractivity contribution in [3.05, 3.63) is 95.3 Å². The lowest BCUT2D eigenvalue weighted by molar-refractivity contribution is 0.966. The Morgan fingerprint density at radius 2 is 1.42 bits per heavy atom. The molecule has 170 valence electrons. The number of rotatable bonds is 4.